The molecular weight excluding hydrogens is 238 g/mol. The molecule has 1 heterocycles. The van der Waals surface area contributed by atoms with Gasteiger partial charge < -0.3 is 9.26 Å². The van der Waals surface area contributed by atoms with E-state index in [2.05, 4.69) is 12.1 Å². The molecule has 0 unspecified atom stereocenters. The second-order valence-corrected chi connectivity index (χ2v) is 3.95. The van der Waals surface area contributed by atoms with Crippen molar-refractivity contribution in [3.05, 3.63) is 36.1 Å². The van der Waals surface area contributed by atoms with Crippen LogP contribution in [-0.4, -0.2) is 11.8 Å². The number of hydrogen-bond acceptors (Lipinski definition) is 3. The molecule has 90 valence electrons. The van der Waals surface area contributed by atoms with Crippen LogP contribution in [0.1, 0.15) is 19.1 Å². The predicted octanol–water partition coefficient (Wildman–Crippen LogP) is 3.87. The van der Waals surface area contributed by atoms with Crippen LogP contribution in [0, 0.1) is 0 Å². The van der Waals surface area contributed by atoms with Gasteiger partial charge in [-0.3, -0.25) is 0 Å². The molecule has 0 saturated heterocycles. The fourth-order valence-corrected chi connectivity index (χ4v) is 1.58. The van der Waals surface area contributed by atoms with Gasteiger partial charge in [0.1, 0.15) is 11.4 Å². The Hall–Kier alpha value is -1.48. The van der Waals surface area contributed by atoms with Gasteiger partial charge in [-0.05, 0) is 30.7 Å². The van der Waals surface area contributed by atoms with E-state index < -0.39 is 0 Å². The third kappa shape index (κ3) is 3.01. The monoisotopic (exact) mass is 251 g/mol. The van der Waals surface area contributed by atoms with E-state index in [1.165, 1.54) is 0 Å². The van der Waals surface area contributed by atoms with E-state index in [4.69, 9.17) is 20.9 Å². The summed E-state index contributed by atoms with van der Waals surface area (Å²) < 4.78 is 10.6. The Morgan fingerprint density at radius 3 is 2.65 bits per heavy atom. The lowest BCUT2D eigenvalue weighted by Crippen LogP contribution is -1.94. The van der Waals surface area contributed by atoms with Crippen LogP contribution < -0.4 is 4.74 Å². The minimum Gasteiger partial charge on any atom is -0.494 e. The van der Waals surface area contributed by atoms with E-state index >= 15 is 0 Å². The summed E-state index contributed by atoms with van der Waals surface area (Å²) >= 11 is 5.66. The third-order valence-electron chi connectivity index (χ3n) is 2.31. The van der Waals surface area contributed by atoms with E-state index in [-0.39, 0.29) is 0 Å². The van der Waals surface area contributed by atoms with Gasteiger partial charge in [0.15, 0.2) is 5.76 Å². The lowest BCUT2D eigenvalue weighted by atomic mass is 10.1. The molecule has 0 spiro atoms. The number of alkyl halides is 1. The Kier molecular flexibility index (Phi) is 4.04. The van der Waals surface area contributed by atoms with Gasteiger partial charge in [0, 0.05) is 11.6 Å². The molecule has 1 aromatic carbocycles. The smallest absolute Gasteiger partial charge is 0.152 e. The first kappa shape index (κ1) is 12.0. The standard InChI is InChI=1S/C13H14ClNO2/c1-2-7-16-11-5-3-10(4-6-11)13-8-12(9-14)17-15-13/h3-6,8H,2,7,9H2,1H3. The van der Waals surface area contributed by atoms with Crippen molar-refractivity contribution in [3.8, 4) is 17.0 Å². The van der Waals surface area contributed by atoms with Gasteiger partial charge in [-0.2, -0.15) is 0 Å². The highest BCUT2D eigenvalue weighted by atomic mass is 35.5. The molecule has 4 heteroatoms. The molecule has 0 aliphatic rings. The Balaban J connectivity index is 2.11. The SMILES string of the molecule is CCCOc1ccc(-c2cc(CCl)on2)cc1. The summed E-state index contributed by atoms with van der Waals surface area (Å²) in [5, 5.41) is 3.95. The molecule has 0 saturated carbocycles. The number of halogens is 1. The van der Waals surface area contributed by atoms with Gasteiger partial charge in [-0.1, -0.05) is 12.1 Å². The molecule has 0 radical (unpaired) electrons. The summed E-state index contributed by atoms with van der Waals surface area (Å²) in [5.74, 6) is 1.88. The normalized spacial score (nSPS) is 10.5. The second-order valence-electron chi connectivity index (χ2n) is 3.68. The van der Waals surface area contributed by atoms with Crippen LogP contribution >= 0.6 is 11.6 Å². The molecule has 17 heavy (non-hydrogen) atoms. The molecule has 0 fully saturated rings. The van der Waals surface area contributed by atoms with Crippen LogP contribution in [0.15, 0.2) is 34.9 Å². The van der Waals surface area contributed by atoms with Crippen LogP contribution in [-0.2, 0) is 5.88 Å². The highest BCUT2D eigenvalue weighted by Gasteiger charge is 2.05. The number of benzene rings is 1. The summed E-state index contributed by atoms with van der Waals surface area (Å²) in [6, 6.07) is 9.62. The Labute approximate surface area is 105 Å². The highest BCUT2D eigenvalue weighted by molar-refractivity contribution is 6.16. The summed E-state index contributed by atoms with van der Waals surface area (Å²) in [5.41, 5.74) is 1.79. The van der Waals surface area contributed by atoms with Crippen LogP contribution in [0.2, 0.25) is 0 Å². The summed E-state index contributed by atoms with van der Waals surface area (Å²) in [6.07, 6.45) is 1.00. The summed E-state index contributed by atoms with van der Waals surface area (Å²) in [7, 11) is 0. The van der Waals surface area contributed by atoms with Crippen LogP contribution in [0.25, 0.3) is 11.3 Å². The van der Waals surface area contributed by atoms with Gasteiger partial charge in [0.25, 0.3) is 0 Å². The maximum absolute atomic E-state index is 5.66. The van der Waals surface area contributed by atoms with E-state index in [9.17, 15) is 0 Å². The van der Waals surface area contributed by atoms with Gasteiger partial charge in [0.2, 0.25) is 0 Å². The van der Waals surface area contributed by atoms with Crippen molar-refractivity contribution in [2.75, 3.05) is 6.61 Å². The highest BCUT2D eigenvalue weighted by Crippen LogP contribution is 2.22. The molecule has 0 amide bonds. The number of hydrogen-bond donors (Lipinski definition) is 0. The molecule has 1 aromatic heterocycles. The van der Waals surface area contributed by atoms with Crippen LogP contribution in [0.5, 0.6) is 5.75 Å². The Morgan fingerprint density at radius 1 is 1.29 bits per heavy atom. The first-order valence-corrected chi connectivity index (χ1v) is 6.11. The minimum atomic E-state index is 0.338. The molecule has 3 nitrogen and oxygen atoms in total. The molecule has 2 rings (SSSR count). The van der Waals surface area contributed by atoms with Crippen LogP contribution in [0.3, 0.4) is 0 Å². The van der Waals surface area contributed by atoms with E-state index in [0.29, 0.717) is 11.6 Å². The molecule has 0 bridgehead atoms. The van der Waals surface area contributed by atoms with Crippen molar-refractivity contribution in [1.82, 2.24) is 5.16 Å². The average Bonchev–Trinajstić information content (AvgIpc) is 2.86. The van der Waals surface area contributed by atoms with Gasteiger partial charge in [-0.25, -0.2) is 0 Å². The lowest BCUT2D eigenvalue weighted by Gasteiger charge is -2.04. The molecule has 0 atom stereocenters. The van der Waals surface area contributed by atoms with Crippen molar-refractivity contribution in [3.63, 3.8) is 0 Å². The van der Waals surface area contributed by atoms with E-state index in [1.54, 1.807) is 0 Å². The zero-order chi connectivity index (χ0) is 12.1. The minimum absolute atomic E-state index is 0.338. The Morgan fingerprint density at radius 2 is 2.06 bits per heavy atom. The zero-order valence-electron chi connectivity index (χ0n) is 9.65. The number of rotatable bonds is 5. The predicted molar refractivity (Wildman–Crippen MR) is 67.3 cm³/mol. The zero-order valence-corrected chi connectivity index (χ0v) is 10.4. The third-order valence-corrected chi connectivity index (χ3v) is 2.58. The summed E-state index contributed by atoms with van der Waals surface area (Å²) in [4.78, 5) is 0. The first-order valence-electron chi connectivity index (χ1n) is 5.58. The van der Waals surface area contributed by atoms with Gasteiger partial charge in [-0.15, -0.1) is 11.6 Å². The van der Waals surface area contributed by atoms with Gasteiger partial charge >= 0.3 is 0 Å². The average molecular weight is 252 g/mol. The molecule has 2 aromatic rings. The number of nitrogens with zero attached hydrogens (tertiary/aromatic N) is 1. The lowest BCUT2D eigenvalue weighted by molar-refractivity contribution is 0.317. The summed E-state index contributed by atoms with van der Waals surface area (Å²) in [6.45, 7) is 2.82. The van der Waals surface area contributed by atoms with E-state index in [1.807, 2.05) is 30.3 Å². The number of ether oxygens (including phenoxy) is 1. The molecule has 0 N–H and O–H groups in total. The topological polar surface area (TPSA) is 35.3 Å². The molecule has 0 aliphatic carbocycles. The molecule has 0 aliphatic heterocycles. The quantitative estimate of drug-likeness (QED) is 0.757. The van der Waals surface area contributed by atoms with Crippen molar-refractivity contribution < 1.29 is 9.26 Å². The maximum atomic E-state index is 5.66. The number of aromatic nitrogens is 1. The fourth-order valence-electron chi connectivity index (χ4n) is 1.45. The van der Waals surface area contributed by atoms with Crippen molar-refractivity contribution in [2.45, 2.75) is 19.2 Å². The molecular formula is C13H14ClNO2. The first-order chi connectivity index (χ1) is 8.33. The van der Waals surface area contributed by atoms with Crippen molar-refractivity contribution in [1.29, 1.82) is 0 Å². The van der Waals surface area contributed by atoms with Crippen molar-refractivity contribution >= 4 is 11.6 Å². The van der Waals surface area contributed by atoms with Crippen LogP contribution in [0.4, 0.5) is 0 Å². The van der Waals surface area contributed by atoms with Crippen molar-refractivity contribution in [2.24, 2.45) is 0 Å². The van der Waals surface area contributed by atoms with Gasteiger partial charge in [0.05, 0.1) is 12.5 Å². The Bertz CT molecular complexity index is 465. The second kappa shape index (κ2) is 5.73. The fraction of sp³-hybridized carbons (Fsp3) is 0.308. The van der Waals surface area contributed by atoms with E-state index in [0.717, 1.165) is 30.0 Å². The largest absolute Gasteiger partial charge is 0.494 e. The maximum Gasteiger partial charge on any atom is 0.152 e.